The van der Waals surface area contributed by atoms with Gasteiger partial charge >= 0.3 is 11.9 Å². The summed E-state index contributed by atoms with van der Waals surface area (Å²) in [5, 5.41) is 20.9. The second-order valence-corrected chi connectivity index (χ2v) is 8.55. The molecule has 174 valence electrons. The molecule has 0 radical (unpaired) electrons. The first-order chi connectivity index (χ1) is 17.5. The normalized spacial score (nSPS) is 12.2. The standard InChI is InChI=1S/C30H20N2O4/c33-29(34)19-9-13-23(14-10-19)31-25-7-3-4-8-26(25)32(24-15-11-20(12-16-24)30(35)36)28-18-22-6-2-1-5-21(22)17-27(28)31/h1-18H,(H,33,34)(H,35,36). The van der Waals surface area contributed by atoms with E-state index in [9.17, 15) is 19.8 Å². The Hall–Kier alpha value is -5.10. The van der Waals surface area contributed by atoms with E-state index < -0.39 is 11.9 Å². The third-order valence-corrected chi connectivity index (χ3v) is 6.43. The van der Waals surface area contributed by atoms with Crippen molar-refractivity contribution in [3.05, 3.63) is 120 Å². The first kappa shape index (κ1) is 21.4. The topological polar surface area (TPSA) is 81.1 Å². The zero-order valence-electron chi connectivity index (χ0n) is 19.0. The molecule has 1 aliphatic rings. The molecule has 1 heterocycles. The summed E-state index contributed by atoms with van der Waals surface area (Å²) >= 11 is 0. The minimum absolute atomic E-state index is 0.225. The van der Waals surface area contributed by atoms with Crippen molar-refractivity contribution in [3.8, 4) is 0 Å². The van der Waals surface area contributed by atoms with Crippen molar-refractivity contribution in [3.63, 3.8) is 0 Å². The quantitative estimate of drug-likeness (QED) is 0.277. The number of hydrogen-bond donors (Lipinski definition) is 2. The number of nitrogens with zero attached hydrogens (tertiary/aromatic N) is 2. The molecular weight excluding hydrogens is 452 g/mol. The van der Waals surface area contributed by atoms with Gasteiger partial charge in [-0.1, -0.05) is 36.4 Å². The number of hydrogen-bond acceptors (Lipinski definition) is 4. The number of aromatic carboxylic acids is 2. The van der Waals surface area contributed by atoms with Gasteiger partial charge in [-0.05, 0) is 83.6 Å². The Balaban J connectivity index is 1.62. The fourth-order valence-corrected chi connectivity index (χ4v) is 4.74. The van der Waals surface area contributed by atoms with Crippen molar-refractivity contribution >= 4 is 56.8 Å². The molecule has 6 heteroatoms. The SMILES string of the molecule is O=C(O)c1ccc(N2c3ccccc3N(c3ccc(C(=O)O)cc3)c3cc4ccccc4cc32)cc1. The molecule has 0 amide bonds. The number of rotatable bonds is 4. The third-order valence-electron chi connectivity index (χ3n) is 6.43. The second kappa shape index (κ2) is 8.29. The van der Waals surface area contributed by atoms with Gasteiger partial charge in [0.1, 0.15) is 0 Å². The minimum Gasteiger partial charge on any atom is -0.478 e. The predicted octanol–water partition coefficient (Wildman–Crippen LogP) is 7.49. The first-order valence-corrected chi connectivity index (χ1v) is 11.4. The average molecular weight is 473 g/mol. The Morgan fingerprint density at radius 2 is 0.833 bits per heavy atom. The number of para-hydroxylation sites is 2. The van der Waals surface area contributed by atoms with Crippen LogP contribution in [0.5, 0.6) is 0 Å². The molecule has 6 rings (SSSR count). The van der Waals surface area contributed by atoms with Crippen LogP contribution in [0.1, 0.15) is 20.7 Å². The van der Waals surface area contributed by atoms with Gasteiger partial charge in [-0.2, -0.15) is 0 Å². The molecule has 5 aromatic carbocycles. The van der Waals surface area contributed by atoms with E-state index in [0.29, 0.717) is 0 Å². The van der Waals surface area contributed by atoms with Crippen molar-refractivity contribution in [2.75, 3.05) is 9.80 Å². The number of fused-ring (bicyclic) bond motifs is 3. The van der Waals surface area contributed by atoms with Gasteiger partial charge in [0.15, 0.2) is 0 Å². The van der Waals surface area contributed by atoms with E-state index in [4.69, 9.17) is 0 Å². The lowest BCUT2D eigenvalue weighted by Gasteiger charge is -2.40. The molecule has 0 aliphatic carbocycles. The average Bonchev–Trinajstić information content (AvgIpc) is 2.90. The van der Waals surface area contributed by atoms with Gasteiger partial charge in [0.2, 0.25) is 0 Å². The number of carbonyl (C=O) groups is 2. The van der Waals surface area contributed by atoms with E-state index in [0.717, 1.165) is 44.9 Å². The van der Waals surface area contributed by atoms with E-state index in [1.54, 1.807) is 24.3 Å². The molecule has 0 fully saturated rings. The third kappa shape index (κ3) is 3.44. The van der Waals surface area contributed by atoms with Crippen molar-refractivity contribution in [1.82, 2.24) is 0 Å². The molecule has 0 saturated carbocycles. The molecule has 0 atom stereocenters. The van der Waals surface area contributed by atoms with Crippen LogP contribution in [0.15, 0.2) is 109 Å². The summed E-state index contributed by atoms with van der Waals surface area (Å²) in [6, 6.07) is 34.1. The zero-order valence-corrected chi connectivity index (χ0v) is 19.0. The van der Waals surface area contributed by atoms with E-state index >= 15 is 0 Å². The van der Waals surface area contributed by atoms with Gasteiger partial charge in [-0.15, -0.1) is 0 Å². The molecule has 5 aromatic rings. The van der Waals surface area contributed by atoms with Gasteiger partial charge in [0, 0.05) is 11.4 Å². The lowest BCUT2D eigenvalue weighted by atomic mass is 10.0. The highest BCUT2D eigenvalue weighted by molar-refractivity contribution is 6.06. The number of benzene rings is 5. The Labute approximate surface area is 206 Å². The molecule has 0 aromatic heterocycles. The van der Waals surface area contributed by atoms with Gasteiger partial charge in [0.05, 0.1) is 33.9 Å². The molecule has 2 N–H and O–H groups in total. The lowest BCUT2D eigenvalue weighted by Crippen LogP contribution is -2.24. The summed E-state index contributed by atoms with van der Waals surface area (Å²) < 4.78 is 0. The van der Waals surface area contributed by atoms with Crippen LogP contribution < -0.4 is 9.80 Å². The maximum absolute atomic E-state index is 11.4. The largest absolute Gasteiger partial charge is 0.478 e. The Morgan fingerprint density at radius 3 is 1.19 bits per heavy atom. The molecule has 6 nitrogen and oxygen atoms in total. The molecule has 0 spiro atoms. The summed E-state index contributed by atoms with van der Waals surface area (Å²) in [7, 11) is 0. The summed E-state index contributed by atoms with van der Waals surface area (Å²) in [5.41, 5.74) is 5.83. The molecule has 1 aliphatic heterocycles. The molecule has 0 bridgehead atoms. The minimum atomic E-state index is -0.969. The fraction of sp³-hybridized carbons (Fsp3) is 0. The van der Waals surface area contributed by atoms with Gasteiger partial charge in [-0.25, -0.2) is 9.59 Å². The first-order valence-electron chi connectivity index (χ1n) is 11.4. The van der Waals surface area contributed by atoms with Crippen molar-refractivity contribution in [1.29, 1.82) is 0 Å². The maximum atomic E-state index is 11.4. The van der Waals surface area contributed by atoms with Crippen molar-refractivity contribution in [2.45, 2.75) is 0 Å². The van der Waals surface area contributed by atoms with Crippen LogP contribution in [0.25, 0.3) is 10.8 Å². The predicted molar refractivity (Wildman–Crippen MR) is 141 cm³/mol. The van der Waals surface area contributed by atoms with Crippen molar-refractivity contribution < 1.29 is 19.8 Å². The van der Waals surface area contributed by atoms with Crippen LogP contribution in [0.2, 0.25) is 0 Å². The molecule has 36 heavy (non-hydrogen) atoms. The zero-order chi connectivity index (χ0) is 24.8. The van der Waals surface area contributed by atoms with Gasteiger partial charge in [-0.3, -0.25) is 0 Å². The Morgan fingerprint density at radius 1 is 0.472 bits per heavy atom. The highest BCUT2D eigenvalue weighted by Gasteiger charge is 2.31. The van der Waals surface area contributed by atoms with Gasteiger partial charge < -0.3 is 20.0 Å². The fourth-order valence-electron chi connectivity index (χ4n) is 4.74. The summed E-state index contributed by atoms with van der Waals surface area (Å²) in [6.07, 6.45) is 0. The number of anilines is 6. The highest BCUT2D eigenvalue weighted by atomic mass is 16.4. The van der Waals surface area contributed by atoms with Crippen LogP contribution >= 0.6 is 0 Å². The molecule has 0 saturated heterocycles. The van der Waals surface area contributed by atoms with Crippen LogP contribution in [0.3, 0.4) is 0 Å². The van der Waals surface area contributed by atoms with Crippen LogP contribution in [0.4, 0.5) is 34.1 Å². The summed E-state index contributed by atoms with van der Waals surface area (Å²) in [6.45, 7) is 0. The highest BCUT2D eigenvalue weighted by Crippen LogP contribution is 2.54. The molecule has 0 unspecified atom stereocenters. The number of carboxylic acid groups (broad SMARTS) is 2. The van der Waals surface area contributed by atoms with E-state index in [2.05, 4.69) is 34.1 Å². The monoisotopic (exact) mass is 472 g/mol. The van der Waals surface area contributed by atoms with E-state index in [1.807, 2.05) is 60.7 Å². The van der Waals surface area contributed by atoms with E-state index in [-0.39, 0.29) is 11.1 Å². The van der Waals surface area contributed by atoms with Crippen LogP contribution in [-0.4, -0.2) is 22.2 Å². The van der Waals surface area contributed by atoms with Crippen LogP contribution in [0, 0.1) is 0 Å². The summed E-state index contributed by atoms with van der Waals surface area (Å²) in [5.74, 6) is -1.94. The molecular formula is C30H20N2O4. The lowest BCUT2D eigenvalue weighted by molar-refractivity contribution is 0.0686. The smallest absolute Gasteiger partial charge is 0.335 e. The number of carboxylic acids is 2. The summed E-state index contributed by atoms with van der Waals surface area (Å²) in [4.78, 5) is 27.1. The van der Waals surface area contributed by atoms with Crippen molar-refractivity contribution in [2.24, 2.45) is 0 Å². The van der Waals surface area contributed by atoms with Gasteiger partial charge in [0.25, 0.3) is 0 Å². The Bertz CT molecular complexity index is 1520. The maximum Gasteiger partial charge on any atom is 0.335 e. The van der Waals surface area contributed by atoms with Crippen LogP contribution in [-0.2, 0) is 0 Å². The Kier molecular flexibility index (Phi) is 4.93. The second-order valence-electron chi connectivity index (χ2n) is 8.55. The van der Waals surface area contributed by atoms with E-state index in [1.165, 1.54) is 0 Å².